The Bertz CT molecular complexity index is 747. The zero-order valence-electron chi connectivity index (χ0n) is 14.0. The second kappa shape index (κ2) is 8.94. The lowest BCUT2D eigenvalue weighted by Gasteiger charge is -2.11. The number of carbonyl (C=O) groups excluding carboxylic acids is 2. The first-order valence-corrected chi connectivity index (χ1v) is 7.92. The van der Waals surface area contributed by atoms with Crippen LogP contribution in [0.3, 0.4) is 0 Å². The van der Waals surface area contributed by atoms with Crippen LogP contribution in [0.2, 0.25) is 5.02 Å². The van der Waals surface area contributed by atoms with Crippen LogP contribution < -0.4 is 20.1 Å². The number of amides is 2. The molecule has 0 heterocycles. The molecule has 0 radical (unpaired) electrons. The number of nitrogens with one attached hydrogen (secondary N) is 2. The molecule has 25 heavy (non-hydrogen) atoms. The molecule has 0 spiro atoms. The normalized spacial score (nSPS) is 10.0. The third kappa shape index (κ3) is 5.69. The number of methoxy groups -OCH3 is 2. The van der Waals surface area contributed by atoms with Crippen LogP contribution in [0, 0.1) is 0 Å². The Morgan fingerprint density at radius 1 is 1.00 bits per heavy atom. The number of ether oxygens (including phenoxy) is 2. The molecule has 0 saturated carbocycles. The summed E-state index contributed by atoms with van der Waals surface area (Å²) in [4.78, 5) is 23.9. The van der Waals surface area contributed by atoms with Gasteiger partial charge < -0.3 is 20.1 Å². The van der Waals surface area contributed by atoms with Crippen molar-refractivity contribution in [1.82, 2.24) is 5.32 Å². The minimum Gasteiger partial charge on any atom is -0.497 e. The molecule has 2 aromatic carbocycles. The minimum absolute atomic E-state index is 0.300. The van der Waals surface area contributed by atoms with E-state index in [1.807, 2.05) is 12.1 Å². The van der Waals surface area contributed by atoms with E-state index in [0.29, 0.717) is 23.0 Å². The smallest absolute Gasteiger partial charge is 0.233 e. The summed E-state index contributed by atoms with van der Waals surface area (Å²) in [5.74, 6) is 0.378. The highest BCUT2D eigenvalue weighted by Crippen LogP contribution is 2.27. The maximum Gasteiger partial charge on any atom is 0.233 e. The minimum atomic E-state index is -0.451. The largest absolute Gasteiger partial charge is 0.497 e. The van der Waals surface area contributed by atoms with E-state index in [9.17, 15) is 9.59 Å². The van der Waals surface area contributed by atoms with Gasteiger partial charge in [0.1, 0.15) is 17.9 Å². The second-order valence-electron chi connectivity index (χ2n) is 5.19. The molecular weight excluding hydrogens is 344 g/mol. The van der Waals surface area contributed by atoms with Gasteiger partial charge in [-0.05, 0) is 35.9 Å². The van der Waals surface area contributed by atoms with Crippen molar-refractivity contribution >= 4 is 29.1 Å². The van der Waals surface area contributed by atoms with Crippen LogP contribution in [0.15, 0.2) is 42.5 Å². The molecule has 6 nitrogen and oxygen atoms in total. The van der Waals surface area contributed by atoms with Gasteiger partial charge in [-0.3, -0.25) is 9.59 Å². The second-order valence-corrected chi connectivity index (χ2v) is 5.63. The summed E-state index contributed by atoms with van der Waals surface area (Å²) in [5, 5.41) is 5.77. The summed E-state index contributed by atoms with van der Waals surface area (Å²) in [5.41, 5.74) is 1.33. The van der Waals surface area contributed by atoms with Crippen LogP contribution in [-0.4, -0.2) is 26.0 Å². The highest BCUT2D eigenvalue weighted by Gasteiger charge is 2.12. The molecule has 0 aliphatic rings. The maximum atomic E-state index is 12.0. The van der Waals surface area contributed by atoms with Crippen LogP contribution in [0.1, 0.15) is 12.0 Å². The molecule has 0 aliphatic carbocycles. The fourth-order valence-corrected chi connectivity index (χ4v) is 2.30. The predicted octanol–water partition coefficient (Wildman–Crippen LogP) is 3.00. The molecule has 2 aromatic rings. The van der Waals surface area contributed by atoms with E-state index in [2.05, 4.69) is 10.6 Å². The first kappa shape index (κ1) is 18.6. The van der Waals surface area contributed by atoms with Gasteiger partial charge in [-0.2, -0.15) is 0 Å². The van der Waals surface area contributed by atoms with E-state index < -0.39 is 5.91 Å². The monoisotopic (exact) mass is 362 g/mol. The molecule has 2 N–H and O–H groups in total. The number of carbonyl (C=O) groups is 2. The van der Waals surface area contributed by atoms with Gasteiger partial charge in [0.15, 0.2) is 0 Å². The fraction of sp³-hybridized carbons (Fsp3) is 0.222. The molecule has 0 aliphatic heterocycles. The Labute approximate surface area is 151 Å². The quantitative estimate of drug-likeness (QED) is 0.742. The molecule has 2 amide bonds. The topological polar surface area (TPSA) is 76.7 Å². The first-order valence-electron chi connectivity index (χ1n) is 7.55. The SMILES string of the molecule is COc1ccc(CNC(=O)CC(=O)Nc2cc(Cl)ccc2OC)cc1. The molecule has 0 atom stereocenters. The first-order chi connectivity index (χ1) is 12.0. The molecule has 0 aromatic heterocycles. The van der Waals surface area contributed by atoms with Gasteiger partial charge in [-0.1, -0.05) is 23.7 Å². The Hall–Kier alpha value is -2.73. The fourth-order valence-electron chi connectivity index (χ4n) is 2.12. The molecule has 0 unspecified atom stereocenters. The maximum absolute atomic E-state index is 12.0. The predicted molar refractivity (Wildman–Crippen MR) is 96.1 cm³/mol. The summed E-state index contributed by atoms with van der Waals surface area (Å²) in [6, 6.07) is 12.2. The van der Waals surface area contributed by atoms with E-state index in [4.69, 9.17) is 21.1 Å². The van der Waals surface area contributed by atoms with Crippen LogP contribution in [0.4, 0.5) is 5.69 Å². The average molecular weight is 363 g/mol. The van der Waals surface area contributed by atoms with Crippen molar-refractivity contribution in [3.8, 4) is 11.5 Å². The van der Waals surface area contributed by atoms with Crippen LogP contribution in [0.5, 0.6) is 11.5 Å². The third-order valence-corrected chi connectivity index (χ3v) is 3.64. The lowest BCUT2D eigenvalue weighted by atomic mass is 10.2. The summed E-state index contributed by atoms with van der Waals surface area (Å²) < 4.78 is 10.2. The number of hydrogen-bond acceptors (Lipinski definition) is 4. The number of rotatable bonds is 7. The standard InChI is InChI=1S/C18H19ClN2O4/c1-24-14-6-3-12(4-7-14)11-20-17(22)10-18(23)21-15-9-13(19)5-8-16(15)25-2/h3-9H,10-11H2,1-2H3,(H,20,22)(H,21,23). The van der Waals surface area contributed by atoms with Gasteiger partial charge in [-0.15, -0.1) is 0 Å². The molecular formula is C18H19ClN2O4. The van der Waals surface area contributed by atoms with Crippen molar-refractivity contribution in [3.05, 3.63) is 53.1 Å². The van der Waals surface area contributed by atoms with Gasteiger partial charge >= 0.3 is 0 Å². The van der Waals surface area contributed by atoms with E-state index in [0.717, 1.165) is 11.3 Å². The number of hydrogen-bond donors (Lipinski definition) is 2. The number of anilines is 1. The zero-order chi connectivity index (χ0) is 18.2. The van der Waals surface area contributed by atoms with Gasteiger partial charge in [-0.25, -0.2) is 0 Å². The highest BCUT2D eigenvalue weighted by molar-refractivity contribution is 6.31. The van der Waals surface area contributed by atoms with E-state index in [1.165, 1.54) is 7.11 Å². The Kier molecular flexibility index (Phi) is 6.65. The third-order valence-electron chi connectivity index (χ3n) is 3.41. The van der Waals surface area contributed by atoms with Crippen LogP contribution in [0.25, 0.3) is 0 Å². The van der Waals surface area contributed by atoms with Crippen molar-refractivity contribution in [2.75, 3.05) is 19.5 Å². The van der Waals surface area contributed by atoms with Gasteiger partial charge in [0.25, 0.3) is 0 Å². The lowest BCUT2D eigenvalue weighted by Crippen LogP contribution is -2.27. The number of halogens is 1. The van der Waals surface area contributed by atoms with Gasteiger partial charge in [0.2, 0.25) is 11.8 Å². The van der Waals surface area contributed by atoms with Gasteiger partial charge in [0.05, 0.1) is 19.9 Å². The van der Waals surface area contributed by atoms with Crippen molar-refractivity contribution in [2.24, 2.45) is 0 Å². The van der Waals surface area contributed by atoms with E-state index in [-0.39, 0.29) is 12.3 Å². The molecule has 132 valence electrons. The van der Waals surface area contributed by atoms with Crippen LogP contribution in [-0.2, 0) is 16.1 Å². The Morgan fingerprint density at radius 2 is 1.72 bits per heavy atom. The lowest BCUT2D eigenvalue weighted by molar-refractivity contribution is -0.126. The number of benzene rings is 2. The Balaban J connectivity index is 1.85. The molecule has 0 bridgehead atoms. The average Bonchev–Trinajstić information content (AvgIpc) is 2.60. The molecule has 7 heteroatoms. The van der Waals surface area contributed by atoms with Crippen molar-refractivity contribution in [2.45, 2.75) is 13.0 Å². The van der Waals surface area contributed by atoms with Crippen molar-refractivity contribution in [3.63, 3.8) is 0 Å². The van der Waals surface area contributed by atoms with Crippen molar-refractivity contribution < 1.29 is 19.1 Å². The zero-order valence-corrected chi connectivity index (χ0v) is 14.7. The van der Waals surface area contributed by atoms with Crippen molar-refractivity contribution in [1.29, 1.82) is 0 Å². The summed E-state index contributed by atoms with van der Waals surface area (Å²) in [7, 11) is 3.07. The summed E-state index contributed by atoms with van der Waals surface area (Å²) in [6.45, 7) is 0.330. The summed E-state index contributed by atoms with van der Waals surface area (Å²) in [6.07, 6.45) is -0.300. The highest BCUT2D eigenvalue weighted by atomic mass is 35.5. The summed E-state index contributed by atoms with van der Waals surface area (Å²) >= 11 is 5.91. The van der Waals surface area contributed by atoms with Crippen LogP contribution >= 0.6 is 11.6 Å². The van der Waals surface area contributed by atoms with E-state index >= 15 is 0 Å². The van der Waals surface area contributed by atoms with E-state index in [1.54, 1.807) is 37.4 Å². The Morgan fingerprint density at radius 3 is 2.36 bits per heavy atom. The molecule has 0 saturated heterocycles. The molecule has 2 rings (SSSR count). The van der Waals surface area contributed by atoms with Gasteiger partial charge in [0, 0.05) is 11.6 Å². The molecule has 0 fully saturated rings.